The molecule has 0 saturated carbocycles. The van der Waals surface area contributed by atoms with Crippen molar-refractivity contribution < 1.29 is 4.79 Å². The summed E-state index contributed by atoms with van der Waals surface area (Å²) in [6, 6.07) is 12.3. The Bertz CT molecular complexity index is 673. The molecule has 0 saturated heterocycles. The van der Waals surface area contributed by atoms with Gasteiger partial charge in [0.05, 0.1) is 6.04 Å². The predicted molar refractivity (Wildman–Crippen MR) is 87.7 cm³/mol. The van der Waals surface area contributed by atoms with Crippen molar-refractivity contribution in [3.05, 3.63) is 69.8 Å². The average molecular weight is 281 g/mol. The molecule has 0 fully saturated rings. The summed E-state index contributed by atoms with van der Waals surface area (Å²) in [4.78, 5) is 12.4. The van der Waals surface area contributed by atoms with Crippen molar-refractivity contribution in [2.75, 3.05) is 0 Å². The van der Waals surface area contributed by atoms with E-state index in [0.717, 1.165) is 11.1 Å². The molecule has 0 aromatic heterocycles. The number of hydrogen-bond acceptors (Lipinski definition) is 1. The lowest BCUT2D eigenvalue weighted by molar-refractivity contribution is 0.0939. The van der Waals surface area contributed by atoms with Gasteiger partial charge < -0.3 is 5.32 Å². The second-order valence-electron chi connectivity index (χ2n) is 5.87. The maximum atomic E-state index is 12.4. The normalized spacial score (nSPS) is 12.0. The minimum absolute atomic E-state index is 0.00176. The molecule has 0 radical (unpaired) electrons. The first-order valence-electron chi connectivity index (χ1n) is 7.33. The van der Waals surface area contributed by atoms with Crippen molar-refractivity contribution in [2.24, 2.45) is 0 Å². The van der Waals surface area contributed by atoms with Crippen LogP contribution in [-0.4, -0.2) is 5.91 Å². The highest BCUT2D eigenvalue weighted by molar-refractivity contribution is 5.95. The fraction of sp³-hybridized carbons (Fsp3) is 0.316. The van der Waals surface area contributed by atoms with Crippen LogP contribution in [-0.2, 0) is 0 Å². The lowest BCUT2D eigenvalue weighted by Gasteiger charge is -2.18. The molecule has 2 aromatic carbocycles. The molecule has 1 N–H and O–H groups in total. The molecule has 2 nitrogen and oxygen atoms in total. The van der Waals surface area contributed by atoms with E-state index in [0.29, 0.717) is 0 Å². The molecule has 110 valence electrons. The molecule has 1 amide bonds. The summed E-state index contributed by atoms with van der Waals surface area (Å²) in [5, 5.41) is 3.10. The molecule has 0 bridgehead atoms. The van der Waals surface area contributed by atoms with E-state index in [2.05, 4.69) is 37.4 Å². The van der Waals surface area contributed by atoms with Crippen LogP contribution in [0, 0.1) is 27.7 Å². The van der Waals surface area contributed by atoms with E-state index >= 15 is 0 Å². The van der Waals surface area contributed by atoms with Gasteiger partial charge in [-0.3, -0.25) is 4.79 Å². The van der Waals surface area contributed by atoms with Gasteiger partial charge in [-0.2, -0.15) is 0 Å². The number of carbonyl (C=O) groups excluding carboxylic acids is 1. The minimum atomic E-state index is -0.0130. The third kappa shape index (κ3) is 3.52. The van der Waals surface area contributed by atoms with Crippen molar-refractivity contribution in [3.8, 4) is 0 Å². The first kappa shape index (κ1) is 15.3. The molecular formula is C19H23NO. The van der Waals surface area contributed by atoms with E-state index in [-0.39, 0.29) is 11.9 Å². The van der Waals surface area contributed by atoms with Crippen LogP contribution in [0.5, 0.6) is 0 Å². The molecule has 0 spiro atoms. The van der Waals surface area contributed by atoms with Gasteiger partial charge in [0.25, 0.3) is 5.91 Å². The smallest absolute Gasteiger partial charge is 0.252 e. The Hall–Kier alpha value is -2.09. The summed E-state index contributed by atoms with van der Waals surface area (Å²) in [6.07, 6.45) is 0. The van der Waals surface area contributed by atoms with Crippen LogP contribution >= 0.6 is 0 Å². The Morgan fingerprint density at radius 3 is 2.19 bits per heavy atom. The average Bonchev–Trinajstić information content (AvgIpc) is 2.41. The van der Waals surface area contributed by atoms with Crippen molar-refractivity contribution in [3.63, 3.8) is 0 Å². The van der Waals surface area contributed by atoms with Gasteiger partial charge in [0.1, 0.15) is 0 Å². The van der Waals surface area contributed by atoms with Gasteiger partial charge in [-0.25, -0.2) is 0 Å². The second kappa shape index (κ2) is 6.13. The van der Waals surface area contributed by atoms with Crippen LogP contribution < -0.4 is 5.32 Å². The predicted octanol–water partition coefficient (Wildman–Crippen LogP) is 4.41. The monoisotopic (exact) mass is 281 g/mol. The van der Waals surface area contributed by atoms with Gasteiger partial charge in [0.2, 0.25) is 0 Å². The third-order valence-corrected chi connectivity index (χ3v) is 3.88. The number of aryl methyl sites for hydroxylation is 4. The largest absolute Gasteiger partial charge is 0.345 e. The summed E-state index contributed by atoms with van der Waals surface area (Å²) in [6.45, 7) is 10.2. The summed E-state index contributed by atoms with van der Waals surface area (Å²) < 4.78 is 0. The minimum Gasteiger partial charge on any atom is -0.345 e. The van der Waals surface area contributed by atoms with Gasteiger partial charge in [-0.05, 0) is 57.4 Å². The van der Waals surface area contributed by atoms with Crippen molar-refractivity contribution in [1.29, 1.82) is 0 Å². The summed E-state index contributed by atoms with van der Waals surface area (Å²) in [7, 11) is 0. The summed E-state index contributed by atoms with van der Waals surface area (Å²) in [5.41, 5.74) is 6.52. The quantitative estimate of drug-likeness (QED) is 0.887. The Kier molecular flexibility index (Phi) is 4.46. The number of rotatable bonds is 3. The molecule has 2 aromatic rings. The fourth-order valence-electron chi connectivity index (χ4n) is 2.65. The Labute approximate surface area is 127 Å². The van der Waals surface area contributed by atoms with E-state index in [9.17, 15) is 4.79 Å². The molecule has 21 heavy (non-hydrogen) atoms. The summed E-state index contributed by atoms with van der Waals surface area (Å²) >= 11 is 0. The summed E-state index contributed by atoms with van der Waals surface area (Å²) in [5.74, 6) is -0.0130. The number of hydrogen-bond donors (Lipinski definition) is 1. The van der Waals surface area contributed by atoms with Crippen LogP contribution in [0.15, 0.2) is 36.4 Å². The van der Waals surface area contributed by atoms with Crippen LogP contribution in [0.1, 0.15) is 51.1 Å². The highest BCUT2D eigenvalue weighted by Gasteiger charge is 2.14. The second-order valence-corrected chi connectivity index (χ2v) is 5.87. The molecule has 0 aliphatic carbocycles. The lowest BCUT2D eigenvalue weighted by Crippen LogP contribution is -2.27. The first-order valence-corrected chi connectivity index (χ1v) is 7.33. The number of benzene rings is 2. The maximum Gasteiger partial charge on any atom is 0.252 e. The zero-order chi connectivity index (χ0) is 15.6. The number of carbonyl (C=O) groups is 1. The Morgan fingerprint density at radius 2 is 1.52 bits per heavy atom. The van der Waals surface area contributed by atoms with Gasteiger partial charge in [-0.15, -0.1) is 0 Å². The van der Waals surface area contributed by atoms with E-state index in [4.69, 9.17) is 0 Å². The van der Waals surface area contributed by atoms with Gasteiger partial charge in [0, 0.05) is 5.56 Å². The third-order valence-electron chi connectivity index (χ3n) is 3.88. The van der Waals surface area contributed by atoms with Gasteiger partial charge in [0.15, 0.2) is 0 Å². The van der Waals surface area contributed by atoms with E-state index < -0.39 is 0 Å². The highest BCUT2D eigenvalue weighted by Crippen LogP contribution is 2.20. The van der Waals surface area contributed by atoms with Crippen LogP contribution in [0.25, 0.3) is 0 Å². The van der Waals surface area contributed by atoms with Crippen LogP contribution in [0.2, 0.25) is 0 Å². The fourth-order valence-corrected chi connectivity index (χ4v) is 2.65. The first-order chi connectivity index (χ1) is 9.88. The van der Waals surface area contributed by atoms with E-state index in [1.54, 1.807) is 0 Å². The standard InChI is InChI=1S/C19H23NO/c1-12-7-9-17(15(4)10-12)19(21)20-16(5)18-11-13(2)6-8-14(18)3/h6-11,16H,1-5H3,(H,20,21). The highest BCUT2D eigenvalue weighted by atomic mass is 16.1. The van der Waals surface area contributed by atoms with Crippen molar-refractivity contribution >= 4 is 5.91 Å². The topological polar surface area (TPSA) is 29.1 Å². The molecule has 0 heterocycles. The van der Waals surface area contributed by atoms with E-state index in [1.807, 2.05) is 39.0 Å². The van der Waals surface area contributed by atoms with Crippen LogP contribution in [0.4, 0.5) is 0 Å². The van der Waals surface area contributed by atoms with Gasteiger partial charge in [-0.1, -0.05) is 41.5 Å². The molecule has 1 unspecified atom stereocenters. The van der Waals surface area contributed by atoms with E-state index in [1.165, 1.54) is 22.3 Å². The molecule has 0 aliphatic heterocycles. The molecule has 1 atom stereocenters. The van der Waals surface area contributed by atoms with Crippen molar-refractivity contribution in [1.82, 2.24) is 5.32 Å². The maximum absolute atomic E-state index is 12.4. The Morgan fingerprint density at radius 1 is 0.905 bits per heavy atom. The zero-order valence-electron chi connectivity index (χ0n) is 13.4. The lowest BCUT2D eigenvalue weighted by atomic mass is 9.99. The SMILES string of the molecule is Cc1ccc(C(=O)NC(C)c2cc(C)ccc2C)c(C)c1. The van der Waals surface area contributed by atoms with Crippen molar-refractivity contribution in [2.45, 2.75) is 40.7 Å². The molecule has 0 aliphatic rings. The molecule has 2 rings (SSSR count). The van der Waals surface area contributed by atoms with Crippen LogP contribution in [0.3, 0.4) is 0 Å². The molecular weight excluding hydrogens is 258 g/mol. The number of nitrogens with one attached hydrogen (secondary N) is 1. The zero-order valence-corrected chi connectivity index (χ0v) is 13.4. The van der Waals surface area contributed by atoms with Gasteiger partial charge >= 0.3 is 0 Å². The Balaban J connectivity index is 2.20. The molecule has 2 heteroatoms. The number of amides is 1.